The summed E-state index contributed by atoms with van der Waals surface area (Å²) in [5, 5.41) is 3.80. The van der Waals surface area contributed by atoms with E-state index in [-0.39, 0.29) is 16.4 Å². The van der Waals surface area contributed by atoms with E-state index in [0.29, 0.717) is 51.2 Å². The Morgan fingerprint density at radius 3 is 2.62 bits per heavy atom. The van der Waals surface area contributed by atoms with Crippen LogP contribution in [0.4, 0.5) is 11.4 Å². The Morgan fingerprint density at radius 2 is 1.81 bits per heavy atom. The van der Waals surface area contributed by atoms with E-state index in [9.17, 15) is 18.0 Å². The van der Waals surface area contributed by atoms with Crippen LogP contribution in [-0.4, -0.2) is 24.3 Å². The van der Waals surface area contributed by atoms with Crippen LogP contribution in [0.1, 0.15) is 23.0 Å². The average Bonchev–Trinajstić information content (AvgIpc) is 3.10. The fraction of sp³-hybridized carbons (Fsp3) is 0.0870. The minimum Gasteiger partial charge on any atom is -0.321 e. The monoisotopic (exact) mass is 446 g/mol. The number of carbonyl (C=O) groups is 1. The summed E-state index contributed by atoms with van der Waals surface area (Å²) in [6.07, 6.45) is 0.603. The summed E-state index contributed by atoms with van der Waals surface area (Å²) in [6, 6.07) is 16.2. The molecule has 2 heterocycles. The first-order valence-corrected chi connectivity index (χ1v) is 11.4. The molecule has 1 aromatic heterocycles. The summed E-state index contributed by atoms with van der Waals surface area (Å²) in [5.41, 5.74) is 2.31. The molecule has 8 nitrogen and oxygen atoms in total. The number of aromatic amines is 1. The van der Waals surface area contributed by atoms with Gasteiger partial charge in [-0.05, 0) is 36.8 Å². The van der Waals surface area contributed by atoms with Crippen molar-refractivity contribution in [3.05, 3.63) is 82.3 Å². The summed E-state index contributed by atoms with van der Waals surface area (Å²) >= 11 is 0. The van der Waals surface area contributed by atoms with E-state index < -0.39 is 10.0 Å². The molecule has 0 atom stereocenters. The molecule has 3 aromatic carbocycles. The highest BCUT2D eigenvalue weighted by Gasteiger charge is 2.26. The second-order valence-corrected chi connectivity index (χ2v) is 9.07. The summed E-state index contributed by atoms with van der Waals surface area (Å²) < 4.78 is 29.1. The van der Waals surface area contributed by atoms with E-state index in [1.807, 2.05) is 6.92 Å². The maximum Gasteiger partial charge on any atom is 0.262 e. The fourth-order valence-electron chi connectivity index (χ4n) is 3.86. The van der Waals surface area contributed by atoms with Crippen molar-refractivity contribution >= 4 is 38.1 Å². The van der Waals surface area contributed by atoms with Crippen molar-refractivity contribution in [3.8, 4) is 11.4 Å². The van der Waals surface area contributed by atoms with Gasteiger partial charge < -0.3 is 10.3 Å². The SMILES string of the molecule is CCc1cc(=O)[nH]c(-c2cccc(NS(=O)(=O)c3ccc4c5c(cccc35)C(=O)N4)c2)n1. The lowest BCUT2D eigenvalue weighted by molar-refractivity contribution is 0.103. The van der Waals surface area contributed by atoms with Gasteiger partial charge in [-0.15, -0.1) is 0 Å². The first kappa shape index (κ1) is 20.0. The van der Waals surface area contributed by atoms with Crippen molar-refractivity contribution in [1.82, 2.24) is 9.97 Å². The minimum atomic E-state index is -3.96. The lowest BCUT2D eigenvalue weighted by Gasteiger charge is -2.12. The molecule has 4 aromatic rings. The van der Waals surface area contributed by atoms with Crippen molar-refractivity contribution in [2.45, 2.75) is 18.2 Å². The molecular formula is C23H18N4O4S. The molecule has 0 radical (unpaired) electrons. The Labute approximate surface area is 183 Å². The molecule has 0 saturated heterocycles. The second kappa shape index (κ2) is 7.31. The van der Waals surface area contributed by atoms with Crippen molar-refractivity contribution in [2.75, 3.05) is 10.0 Å². The number of carbonyl (C=O) groups excluding carboxylic acids is 1. The maximum atomic E-state index is 13.3. The van der Waals surface area contributed by atoms with Gasteiger partial charge in [0, 0.05) is 45.0 Å². The van der Waals surface area contributed by atoms with Gasteiger partial charge in [-0.2, -0.15) is 0 Å². The van der Waals surface area contributed by atoms with Crippen LogP contribution < -0.4 is 15.6 Å². The molecule has 1 amide bonds. The number of nitrogens with zero attached hydrogens (tertiary/aromatic N) is 1. The van der Waals surface area contributed by atoms with Crippen LogP contribution >= 0.6 is 0 Å². The smallest absolute Gasteiger partial charge is 0.262 e. The zero-order valence-corrected chi connectivity index (χ0v) is 17.8. The van der Waals surface area contributed by atoms with Gasteiger partial charge in [0.25, 0.3) is 21.5 Å². The number of aryl methyl sites for hydroxylation is 1. The third-order valence-corrected chi connectivity index (χ3v) is 6.77. The quantitative estimate of drug-likeness (QED) is 0.433. The first-order chi connectivity index (χ1) is 15.4. The number of hydrogen-bond donors (Lipinski definition) is 3. The third-order valence-electron chi connectivity index (χ3n) is 5.33. The number of amides is 1. The van der Waals surface area contributed by atoms with Crippen LogP contribution in [-0.2, 0) is 16.4 Å². The molecule has 1 aliphatic rings. The number of nitrogens with one attached hydrogen (secondary N) is 3. The molecule has 32 heavy (non-hydrogen) atoms. The van der Waals surface area contributed by atoms with Crippen molar-refractivity contribution in [1.29, 1.82) is 0 Å². The lowest BCUT2D eigenvalue weighted by atomic mass is 10.1. The van der Waals surface area contributed by atoms with Gasteiger partial charge in [0.1, 0.15) is 5.82 Å². The normalized spacial score (nSPS) is 12.7. The van der Waals surface area contributed by atoms with Gasteiger partial charge in [0.05, 0.1) is 4.90 Å². The van der Waals surface area contributed by atoms with E-state index in [1.54, 1.807) is 48.5 Å². The summed E-state index contributed by atoms with van der Waals surface area (Å²) in [4.78, 5) is 31.2. The zero-order chi connectivity index (χ0) is 22.5. The standard InChI is InChI=1S/C23H18N4O4S/c1-2-14-12-20(28)26-22(24-14)13-5-3-6-15(11-13)27-32(30,31)19-10-9-18-21-16(19)7-4-8-17(21)23(29)25-18/h3-12,27H,2H2,1H3,(H,25,29)(H,24,26,28). The fourth-order valence-corrected chi connectivity index (χ4v) is 5.12. The summed E-state index contributed by atoms with van der Waals surface area (Å²) in [6.45, 7) is 1.90. The van der Waals surface area contributed by atoms with Crippen molar-refractivity contribution < 1.29 is 13.2 Å². The summed E-state index contributed by atoms with van der Waals surface area (Å²) in [7, 11) is -3.96. The van der Waals surface area contributed by atoms with Gasteiger partial charge in [-0.25, -0.2) is 13.4 Å². The number of aromatic nitrogens is 2. The number of hydrogen-bond acceptors (Lipinski definition) is 5. The van der Waals surface area contributed by atoms with E-state index in [4.69, 9.17) is 0 Å². The van der Waals surface area contributed by atoms with Crippen LogP contribution in [0.5, 0.6) is 0 Å². The van der Waals surface area contributed by atoms with Crippen LogP contribution in [0.2, 0.25) is 0 Å². The lowest BCUT2D eigenvalue weighted by Crippen LogP contribution is -2.14. The van der Waals surface area contributed by atoms with Crippen LogP contribution in [0.15, 0.2) is 70.4 Å². The van der Waals surface area contributed by atoms with Gasteiger partial charge in [0.15, 0.2) is 0 Å². The van der Waals surface area contributed by atoms with Crippen LogP contribution in [0, 0.1) is 0 Å². The Bertz CT molecular complexity index is 1570. The van der Waals surface area contributed by atoms with Gasteiger partial charge >= 0.3 is 0 Å². The van der Waals surface area contributed by atoms with Gasteiger partial charge in [0.2, 0.25) is 0 Å². The molecule has 0 spiro atoms. The van der Waals surface area contributed by atoms with Crippen LogP contribution in [0.3, 0.4) is 0 Å². The molecule has 0 fully saturated rings. The van der Waals surface area contributed by atoms with E-state index >= 15 is 0 Å². The number of benzene rings is 3. The molecule has 0 aliphatic carbocycles. The Morgan fingerprint density at radius 1 is 1.00 bits per heavy atom. The molecule has 9 heteroatoms. The highest BCUT2D eigenvalue weighted by molar-refractivity contribution is 7.93. The number of sulfonamides is 1. The topological polar surface area (TPSA) is 121 Å². The molecule has 0 saturated carbocycles. The maximum absolute atomic E-state index is 13.3. The van der Waals surface area contributed by atoms with E-state index in [2.05, 4.69) is 20.0 Å². The van der Waals surface area contributed by atoms with Gasteiger partial charge in [-0.1, -0.05) is 31.2 Å². The Balaban J connectivity index is 1.55. The third kappa shape index (κ3) is 3.32. The molecule has 1 aliphatic heterocycles. The minimum absolute atomic E-state index is 0.0690. The van der Waals surface area contributed by atoms with Gasteiger partial charge in [-0.3, -0.25) is 14.3 Å². The predicted octanol–water partition coefficient (Wildman–Crippen LogP) is 3.52. The summed E-state index contributed by atoms with van der Waals surface area (Å²) in [5.74, 6) is 0.113. The highest BCUT2D eigenvalue weighted by Crippen LogP contribution is 2.37. The predicted molar refractivity (Wildman–Crippen MR) is 122 cm³/mol. The number of H-pyrrole nitrogens is 1. The number of anilines is 2. The molecule has 160 valence electrons. The van der Waals surface area contributed by atoms with E-state index in [0.717, 1.165) is 0 Å². The molecular weight excluding hydrogens is 428 g/mol. The molecule has 5 rings (SSSR count). The van der Waals surface area contributed by atoms with Crippen molar-refractivity contribution in [3.63, 3.8) is 0 Å². The Hall–Kier alpha value is -3.98. The molecule has 3 N–H and O–H groups in total. The average molecular weight is 446 g/mol. The molecule has 0 unspecified atom stereocenters. The Kier molecular flexibility index (Phi) is 4.56. The van der Waals surface area contributed by atoms with E-state index in [1.165, 1.54) is 12.1 Å². The zero-order valence-electron chi connectivity index (χ0n) is 17.0. The van der Waals surface area contributed by atoms with Crippen LogP contribution in [0.25, 0.3) is 22.2 Å². The van der Waals surface area contributed by atoms with Crippen molar-refractivity contribution in [2.24, 2.45) is 0 Å². The second-order valence-electron chi connectivity index (χ2n) is 7.42. The first-order valence-electron chi connectivity index (χ1n) is 9.96. The largest absolute Gasteiger partial charge is 0.321 e. The number of rotatable bonds is 5. The highest BCUT2D eigenvalue weighted by atomic mass is 32.2. The molecule has 0 bridgehead atoms.